The first kappa shape index (κ1) is 42.6. The molecule has 0 atom stereocenters. The van der Waals surface area contributed by atoms with Crippen molar-refractivity contribution in [1.82, 2.24) is 19.1 Å². The van der Waals surface area contributed by atoms with Gasteiger partial charge >= 0.3 is 0 Å². The van der Waals surface area contributed by atoms with Gasteiger partial charge in [-0.05, 0) is 127 Å². The van der Waals surface area contributed by atoms with E-state index in [4.69, 9.17) is 9.97 Å². The Hall–Kier alpha value is -6.78. The SMILES string of the molecule is CC1(C)c2cc3c4cc(-c5ccc6c7cc8c(cc7n(-c7nc(-c9ccccc9)cc(-c9ccccc9)n7)c6c5)C(C)(C)C(C)(C)C8(C)C)ccc4n(-c4ccccc4)c3cc2C(C)(C)C1(C)C. The maximum atomic E-state index is 5.48. The van der Waals surface area contributed by atoms with E-state index in [2.05, 4.69) is 250 Å². The van der Waals surface area contributed by atoms with E-state index in [-0.39, 0.29) is 32.5 Å². The molecule has 338 valence electrons. The zero-order chi connectivity index (χ0) is 47.5. The number of hydrogen-bond donors (Lipinski definition) is 0. The molecule has 0 fully saturated rings. The third-order valence-electron chi connectivity index (χ3n) is 19.2. The summed E-state index contributed by atoms with van der Waals surface area (Å²) >= 11 is 0. The largest absolute Gasteiger partial charge is 0.309 e. The second kappa shape index (κ2) is 13.9. The van der Waals surface area contributed by atoms with Crippen molar-refractivity contribution in [2.24, 2.45) is 10.8 Å². The van der Waals surface area contributed by atoms with Gasteiger partial charge in [0.05, 0.1) is 33.5 Å². The van der Waals surface area contributed by atoms with Gasteiger partial charge in [-0.25, -0.2) is 9.97 Å². The van der Waals surface area contributed by atoms with Crippen LogP contribution in [0.25, 0.3) is 88.9 Å². The van der Waals surface area contributed by atoms with E-state index in [1.807, 2.05) is 0 Å². The van der Waals surface area contributed by atoms with E-state index < -0.39 is 0 Å². The molecule has 0 spiro atoms. The summed E-state index contributed by atoms with van der Waals surface area (Å²) in [7, 11) is 0. The zero-order valence-corrected chi connectivity index (χ0v) is 41.8. The van der Waals surface area contributed by atoms with Crippen LogP contribution in [-0.4, -0.2) is 19.1 Å². The van der Waals surface area contributed by atoms with Crippen molar-refractivity contribution in [3.05, 3.63) is 180 Å². The number of aromatic nitrogens is 4. The molecule has 12 rings (SSSR count). The summed E-state index contributed by atoms with van der Waals surface area (Å²) < 4.78 is 4.84. The van der Waals surface area contributed by atoms with Crippen molar-refractivity contribution < 1.29 is 0 Å². The quantitative estimate of drug-likeness (QED) is 0.173. The molecule has 68 heavy (non-hydrogen) atoms. The summed E-state index contributed by atoms with van der Waals surface area (Å²) in [6.07, 6.45) is 0. The third-order valence-corrected chi connectivity index (χ3v) is 19.2. The lowest BCUT2D eigenvalue weighted by molar-refractivity contribution is 0.125. The first-order valence-corrected chi connectivity index (χ1v) is 24.6. The average Bonchev–Trinajstić information content (AvgIpc) is 3.90. The second-order valence-corrected chi connectivity index (χ2v) is 23.2. The van der Waals surface area contributed by atoms with Gasteiger partial charge in [-0.3, -0.25) is 4.57 Å². The van der Waals surface area contributed by atoms with Gasteiger partial charge in [0.2, 0.25) is 5.95 Å². The molecule has 4 nitrogen and oxygen atoms in total. The maximum Gasteiger partial charge on any atom is 0.235 e. The molecule has 3 heterocycles. The molecular formula is C64H62N4. The van der Waals surface area contributed by atoms with Crippen molar-refractivity contribution in [1.29, 1.82) is 0 Å². The molecule has 7 aromatic carbocycles. The van der Waals surface area contributed by atoms with Gasteiger partial charge in [0.15, 0.2) is 0 Å². The van der Waals surface area contributed by atoms with Gasteiger partial charge in [-0.1, -0.05) is 180 Å². The van der Waals surface area contributed by atoms with Crippen molar-refractivity contribution >= 4 is 43.6 Å². The van der Waals surface area contributed by atoms with E-state index in [0.29, 0.717) is 5.95 Å². The Morgan fingerprint density at radius 1 is 0.309 bits per heavy atom. The Balaban J connectivity index is 1.14. The van der Waals surface area contributed by atoms with Crippen LogP contribution in [0.4, 0.5) is 0 Å². The Bertz CT molecular complexity index is 3650. The first-order valence-electron chi connectivity index (χ1n) is 24.6. The van der Waals surface area contributed by atoms with Gasteiger partial charge in [-0.2, -0.15) is 0 Å². The summed E-state index contributed by atoms with van der Waals surface area (Å²) in [5, 5.41) is 4.98. The maximum absolute atomic E-state index is 5.48. The van der Waals surface area contributed by atoms with Crippen LogP contribution in [0.2, 0.25) is 0 Å². The van der Waals surface area contributed by atoms with Crippen LogP contribution >= 0.6 is 0 Å². The Kier molecular flexibility index (Phi) is 8.71. The van der Waals surface area contributed by atoms with Crippen LogP contribution in [0, 0.1) is 10.8 Å². The topological polar surface area (TPSA) is 35.6 Å². The van der Waals surface area contributed by atoms with Crippen molar-refractivity contribution in [3.8, 4) is 45.3 Å². The van der Waals surface area contributed by atoms with Crippen LogP contribution in [0.15, 0.2) is 158 Å². The first-order chi connectivity index (χ1) is 32.3. The Morgan fingerprint density at radius 3 is 1.22 bits per heavy atom. The van der Waals surface area contributed by atoms with E-state index in [1.54, 1.807) is 0 Å². The van der Waals surface area contributed by atoms with Crippen LogP contribution in [0.3, 0.4) is 0 Å². The zero-order valence-electron chi connectivity index (χ0n) is 41.8. The van der Waals surface area contributed by atoms with Crippen molar-refractivity contribution in [2.45, 2.75) is 105 Å². The molecule has 10 aromatic rings. The number of para-hydroxylation sites is 1. The monoisotopic (exact) mass is 886 g/mol. The lowest BCUT2D eigenvalue weighted by Crippen LogP contribution is -2.42. The minimum atomic E-state index is -0.0798. The van der Waals surface area contributed by atoms with Crippen LogP contribution in [0.5, 0.6) is 0 Å². The van der Waals surface area contributed by atoms with Gasteiger partial charge < -0.3 is 4.57 Å². The van der Waals surface area contributed by atoms with Crippen molar-refractivity contribution in [2.75, 3.05) is 0 Å². The molecule has 0 saturated heterocycles. The molecule has 0 aliphatic heterocycles. The molecule has 0 N–H and O–H groups in total. The highest BCUT2D eigenvalue weighted by molar-refractivity contribution is 6.13. The number of fused-ring (bicyclic) bond motifs is 8. The smallest absolute Gasteiger partial charge is 0.235 e. The minimum absolute atomic E-state index is 0.00886. The number of rotatable bonds is 5. The lowest BCUT2D eigenvalue weighted by Gasteiger charge is -2.44. The second-order valence-electron chi connectivity index (χ2n) is 23.2. The average molecular weight is 887 g/mol. The van der Waals surface area contributed by atoms with Gasteiger partial charge in [0.1, 0.15) is 0 Å². The Morgan fingerprint density at radius 2 is 0.706 bits per heavy atom. The predicted molar refractivity (Wildman–Crippen MR) is 287 cm³/mol. The third kappa shape index (κ3) is 5.49. The fraction of sp³-hybridized carbons (Fsp3) is 0.281. The molecular weight excluding hydrogens is 825 g/mol. The van der Waals surface area contributed by atoms with Crippen LogP contribution in [-0.2, 0) is 21.7 Å². The molecule has 0 saturated carbocycles. The summed E-state index contributed by atoms with van der Waals surface area (Å²) in [6.45, 7) is 29.3. The molecule has 4 heteroatoms. The van der Waals surface area contributed by atoms with E-state index in [9.17, 15) is 0 Å². The summed E-state index contributed by atoms with van der Waals surface area (Å²) in [5.74, 6) is 0.667. The Labute approximate surface area is 401 Å². The van der Waals surface area contributed by atoms with Gasteiger partial charge in [-0.15, -0.1) is 0 Å². The predicted octanol–water partition coefficient (Wildman–Crippen LogP) is 16.9. The van der Waals surface area contributed by atoms with Crippen LogP contribution in [0.1, 0.15) is 105 Å². The van der Waals surface area contributed by atoms with Gasteiger partial charge in [0, 0.05) is 38.4 Å². The van der Waals surface area contributed by atoms with E-state index in [0.717, 1.165) is 39.1 Å². The normalized spacial score (nSPS) is 18.1. The summed E-state index contributed by atoms with van der Waals surface area (Å²) in [6, 6.07) is 58.3. The van der Waals surface area contributed by atoms with E-state index >= 15 is 0 Å². The molecule has 3 aromatic heterocycles. The fourth-order valence-corrected chi connectivity index (χ4v) is 12.6. The standard InChI is InChI=1S/C64H62N4/c1-59(2)48-34-46-44-30-28-42(41-29-31-54-45(32-41)47-35-49-50(61(5,6)64(11,12)60(49,3)4)36-56(47)67(54)43-26-20-15-21-27-43)33-55(44)68(57(46)37-51(48)62(7,8)63(59,9)10)58-65-52(39-22-16-13-17-23-39)38-53(66-58)40-24-18-14-19-25-40/h13-38H,1-12H3. The summed E-state index contributed by atoms with van der Waals surface area (Å²) in [5.41, 5.74) is 17.8. The van der Waals surface area contributed by atoms with E-state index in [1.165, 1.54) is 66.1 Å². The highest BCUT2D eigenvalue weighted by atomic mass is 15.2. The molecule has 0 bridgehead atoms. The highest BCUT2D eigenvalue weighted by Crippen LogP contribution is 2.64. The van der Waals surface area contributed by atoms with Crippen molar-refractivity contribution in [3.63, 3.8) is 0 Å². The number of hydrogen-bond acceptors (Lipinski definition) is 2. The molecule has 0 amide bonds. The number of nitrogens with zero attached hydrogens (tertiary/aromatic N) is 4. The lowest BCUT2D eigenvalue weighted by atomic mass is 9.59. The fourth-order valence-electron chi connectivity index (χ4n) is 12.6. The number of benzene rings is 7. The molecule has 2 aliphatic carbocycles. The van der Waals surface area contributed by atoms with Crippen LogP contribution < -0.4 is 0 Å². The highest BCUT2D eigenvalue weighted by Gasteiger charge is 2.58. The summed E-state index contributed by atoms with van der Waals surface area (Å²) in [4.78, 5) is 11.0. The molecule has 2 aliphatic rings. The minimum Gasteiger partial charge on any atom is -0.309 e. The molecule has 0 radical (unpaired) electrons. The van der Waals surface area contributed by atoms with Gasteiger partial charge in [0.25, 0.3) is 0 Å². The molecule has 0 unspecified atom stereocenters.